The van der Waals surface area contributed by atoms with Crippen LogP contribution in [0.5, 0.6) is 0 Å². The number of hydrogen-bond donors (Lipinski definition) is 2. The zero-order chi connectivity index (χ0) is 10.4. The lowest BCUT2D eigenvalue weighted by Gasteiger charge is -2.08. The van der Waals surface area contributed by atoms with Crippen molar-refractivity contribution in [3.05, 3.63) is 28.2 Å². The van der Waals surface area contributed by atoms with Gasteiger partial charge in [0.1, 0.15) is 0 Å². The molecule has 0 fully saturated rings. The second-order valence-electron chi connectivity index (χ2n) is 3.34. The second kappa shape index (κ2) is 6.04. The molecule has 0 spiro atoms. The number of unbranched alkanes of at least 4 members (excludes halogenated alkanes) is 1. The third-order valence-electron chi connectivity index (χ3n) is 2.02. The molecule has 0 aliphatic carbocycles. The fourth-order valence-electron chi connectivity index (χ4n) is 1.23. The summed E-state index contributed by atoms with van der Waals surface area (Å²) in [6.45, 7) is 3.25. The molecule has 0 aliphatic rings. The molecule has 0 unspecified atom stereocenters. The van der Waals surface area contributed by atoms with E-state index in [0.29, 0.717) is 0 Å². The number of halogens is 1. The largest absolute Gasteiger partial charge is 0.396 e. The van der Waals surface area contributed by atoms with Crippen LogP contribution in [-0.4, -0.2) is 18.3 Å². The highest BCUT2D eigenvalue weighted by molar-refractivity contribution is 9.10. The summed E-state index contributed by atoms with van der Waals surface area (Å²) in [5.74, 6) is 0. The topological polar surface area (TPSA) is 32.3 Å². The van der Waals surface area contributed by atoms with Crippen LogP contribution in [0.15, 0.2) is 22.7 Å². The van der Waals surface area contributed by atoms with Crippen molar-refractivity contribution in [2.24, 2.45) is 0 Å². The zero-order valence-corrected chi connectivity index (χ0v) is 9.97. The highest BCUT2D eigenvalue weighted by Crippen LogP contribution is 2.23. The van der Waals surface area contributed by atoms with Crippen molar-refractivity contribution in [2.45, 2.75) is 19.8 Å². The van der Waals surface area contributed by atoms with Crippen LogP contribution in [0.3, 0.4) is 0 Å². The lowest BCUT2D eigenvalue weighted by Crippen LogP contribution is -2.03. The number of aliphatic hydroxyl groups excluding tert-OH is 1. The van der Waals surface area contributed by atoms with Gasteiger partial charge in [-0.2, -0.15) is 0 Å². The molecule has 2 N–H and O–H groups in total. The van der Waals surface area contributed by atoms with Gasteiger partial charge in [-0.25, -0.2) is 0 Å². The maximum atomic E-state index is 8.63. The molecule has 0 radical (unpaired) electrons. The quantitative estimate of drug-likeness (QED) is 0.796. The van der Waals surface area contributed by atoms with E-state index in [2.05, 4.69) is 40.3 Å². The van der Waals surface area contributed by atoms with Gasteiger partial charge in [-0.05, 0) is 53.4 Å². The fourth-order valence-corrected chi connectivity index (χ4v) is 1.62. The molecule has 1 aromatic carbocycles. The Labute approximate surface area is 93.5 Å². The summed E-state index contributed by atoms with van der Waals surface area (Å²) >= 11 is 3.49. The van der Waals surface area contributed by atoms with Crippen LogP contribution in [-0.2, 0) is 0 Å². The van der Waals surface area contributed by atoms with E-state index in [0.717, 1.165) is 29.5 Å². The molecule has 0 aliphatic heterocycles. The predicted octanol–water partition coefficient (Wildman–Crippen LogP) is 2.94. The predicted molar refractivity (Wildman–Crippen MR) is 63.7 cm³/mol. The molecule has 0 atom stereocenters. The fraction of sp³-hybridized carbons (Fsp3) is 0.455. The van der Waals surface area contributed by atoms with Gasteiger partial charge < -0.3 is 10.4 Å². The number of rotatable bonds is 5. The number of anilines is 1. The Morgan fingerprint density at radius 1 is 1.36 bits per heavy atom. The summed E-state index contributed by atoms with van der Waals surface area (Å²) in [6.07, 6.45) is 1.85. The maximum Gasteiger partial charge on any atom is 0.0487 e. The van der Waals surface area contributed by atoms with E-state index in [4.69, 9.17) is 5.11 Å². The van der Waals surface area contributed by atoms with E-state index in [1.54, 1.807) is 0 Å². The van der Waals surface area contributed by atoms with E-state index in [9.17, 15) is 0 Å². The molecular weight excluding hydrogens is 242 g/mol. The lowest BCUT2D eigenvalue weighted by molar-refractivity contribution is 0.286. The van der Waals surface area contributed by atoms with Crippen molar-refractivity contribution in [3.8, 4) is 0 Å². The summed E-state index contributed by atoms with van der Waals surface area (Å²) in [5, 5.41) is 12.0. The molecule has 0 aromatic heterocycles. The van der Waals surface area contributed by atoms with Crippen molar-refractivity contribution in [1.82, 2.24) is 0 Å². The van der Waals surface area contributed by atoms with Gasteiger partial charge in [0.2, 0.25) is 0 Å². The Bertz CT molecular complexity index is 289. The third-order valence-corrected chi connectivity index (χ3v) is 2.71. The van der Waals surface area contributed by atoms with Gasteiger partial charge >= 0.3 is 0 Å². The Hall–Kier alpha value is -0.540. The van der Waals surface area contributed by atoms with Crippen LogP contribution in [0.4, 0.5) is 5.69 Å². The van der Waals surface area contributed by atoms with Gasteiger partial charge in [-0.3, -0.25) is 0 Å². The highest BCUT2D eigenvalue weighted by atomic mass is 79.9. The van der Waals surface area contributed by atoms with Crippen molar-refractivity contribution >= 4 is 21.6 Å². The van der Waals surface area contributed by atoms with Crippen LogP contribution in [0, 0.1) is 6.92 Å². The van der Waals surface area contributed by atoms with Gasteiger partial charge in [0.25, 0.3) is 0 Å². The zero-order valence-electron chi connectivity index (χ0n) is 8.39. The molecule has 2 nitrogen and oxygen atoms in total. The average molecular weight is 258 g/mol. The molecule has 0 bridgehead atoms. The minimum Gasteiger partial charge on any atom is -0.396 e. The van der Waals surface area contributed by atoms with Crippen molar-refractivity contribution in [1.29, 1.82) is 0 Å². The molecule has 14 heavy (non-hydrogen) atoms. The lowest BCUT2D eigenvalue weighted by atomic mass is 10.2. The smallest absolute Gasteiger partial charge is 0.0487 e. The summed E-state index contributed by atoms with van der Waals surface area (Å²) in [7, 11) is 0. The van der Waals surface area contributed by atoms with Gasteiger partial charge in [-0.1, -0.05) is 6.07 Å². The second-order valence-corrected chi connectivity index (χ2v) is 4.20. The van der Waals surface area contributed by atoms with Crippen LogP contribution in [0.1, 0.15) is 18.4 Å². The minimum absolute atomic E-state index is 0.274. The van der Waals surface area contributed by atoms with Crippen LogP contribution >= 0.6 is 15.9 Å². The first-order chi connectivity index (χ1) is 6.74. The number of aryl methyl sites for hydroxylation is 1. The number of benzene rings is 1. The first kappa shape index (κ1) is 11.5. The molecule has 0 saturated carbocycles. The van der Waals surface area contributed by atoms with Crippen LogP contribution < -0.4 is 5.32 Å². The summed E-state index contributed by atoms with van der Waals surface area (Å²) in [6, 6.07) is 6.23. The Morgan fingerprint density at radius 2 is 2.14 bits per heavy atom. The first-order valence-electron chi connectivity index (χ1n) is 4.85. The maximum absolute atomic E-state index is 8.63. The average Bonchev–Trinajstić information content (AvgIpc) is 2.18. The molecular formula is C11H16BrNO. The van der Waals surface area contributed by atoms with Gasteiger partial charge in [-0.15, -0.1) is 0 Å². The summed E-state index contributed by atoms with van der Waals surface area (Å²) < 4.78 is 1.09. The molecule has 1 aromatic rings. The highest BCUT2D eigenvalue weighted by Gasteiger charge is 1.98. The van der Waals surface area contributed by atoms with Gasteiger partial charge in [0.15, 0.2) is 0 Å². The molecule has 0 saturated heterocycles. The number of hydrogen-bond acceptors (Lipinski definition) is 2. The van der Waals surface area contributed by atoms with Crippen molar-refractivity contribution in [3.63, 3.8) is 0 Å². The summed E-state index contributed by atoms with van der Waals surface area (Å²) in [4.78, 5) is 0. The molecule has 1 rings (SSSR count). The van der Waals surface area contributed by atoms with Crippen molar-refractivity contribution < 1.29 is 5.11 Å². The standard InChI is InChI=1S/C11H16BrNO/c1-9-4-5-10(12)11(8-9)13-6-2-3-7-14/h4-5,8,13-14H,2-3,6-7H2,1H3. The third kappa shape index (κ3) is 3.68. The minimum atomic E-state index is 0.274. The van der Waals surface area contributed by atoms with Crippen LogP contribution in [0.25, 0.3) is 0 Å². The Morgan fingerprint density at radius 3 is 2.86 bits per heavy atom. The normalized spacial score (nSPS) is 10.2. The van der Waals surface area contributed by atoms with E-state index < -0.39 is 0 Å². The van der Waals surface area contributed by atoms with Gasteiger partial charge in [0, 0.05) is 23.3 Å². The Kier molecular flexibility index (Phi) is 4.98. The molecule has 0 heterocycles. The first-order valence-corrected chi connectivity index (χ1v) is 5.64. The van der Waals surface area contributed by atoms with Crippen LogP contribution in [0.2, 0.25) is 0 Å². The van der Waals surface area contributed by atoms with Crippen molar-refractivity contribution in [2.75, 3.05) is 18.5 Å². The SMILES string of the molecule is Cc1ccc(Br)c(NCCCCO)c1. The van der Waals surface area contributed by atoms with E-state index in [1.807, 2.05) is 6.07 Å². The van der Waals surface area contributed by atoms with E-state index >= 15 is 0 Å². The monoisotopic (exact) mass is 257 g/mol. The number of aliphatic hydroxyl groups is 1. The number of nitrogens with one attached hydrogen (secondary N) is 1. The van der Waals surface area contributed by atoms with E-state index in [1.165, 1.54) is 5.56 Å². The van der Waals surface area contributed by atoms with Gasteiger partial charge in [0.05, 0.1) is 0 Å². The Balaban J connectivity index is 2.45. The molecule has 3 heteroatoms. The molecule has 78 valence electrons. The molecule has 0 amide bonds. The summed E-state index contributed by atoms with van der Waals surface area (Å²) in [5.41, 5.74) is 2.38. The van der Waals surface area contributed by atoms with E-state index in [-0.39, 0.29) is 6.61 Å².